The second-order valence-electron chi connectivity index (χ2n) is 7.45. The highest BCUT2D eigenvalue weighted by molar-refractivity contribution is 5.96. The minimum Gasteiger partial charge on any atom is -0.487 e. The van der Waals surface area contributed by atoms with E-state index in [1.165, 1.54) is 5.56 Å². The van der Waals surface area contributed by atoms with Gasteiger partial charge in [-0.15, -0.1) is 0 Å². The maximum absolute atomic E-state index is 12.8. The minimum atomic E-state index is -0.304. The summed E-state index contributed by atoms with van der Waals surface area (Å²) in [5, 5.41) is 3.22. The van der Waals surface area contributed by atoms with Crippen LogP contribution in [0, 0.1) is 20.8 Å². The van der Waals surface area contributed by atoms with Crippen molar-refractivity contribution in [2.75, 3.05) is 0 Å². The number of carbonyl (C=O) groups is 1. The Morgan fingerprint density at radius 3 is 2.50 bits per heavy atom. The fourth-order valence-electron chi connectivity index (χ4n) is 3.32. The average Bonchev–Trinajstić information content (AvgIpc) is 2.49. The first kappa shape index (κ1) is 16.6. The predicted molar refractivity (Wildman–Crippen MR) is 96.6 cm³/mol. The van der Waals surface area contributed by atoms with E-state index in [4.69, 9.17) is 4.74 Å². The van der Waals surface area contributed by atoms with Crippen LogP contribution in [-0.4, -0.2) is 11.5 Å². The number of aryl methyl sites for hydroxylation is 3. The number of rotatable bonds is 2. The number of nitrogens with one attached hydrogen (secondary N) is 1. The van der Waals surface area contributed by atoms with Gasteiger partial charge in [0.2, 0.25) is 0 Å². The van der Waals surface area contributed by atoms with Crippen LogP contribution >= 0.6 is 0 Å². The predicted octanol–water partition coefficient (Wildman–Crippen LogP) is 4.64. The monoisotopic (exact) mass is 323 g/mol. The highest BCUT2D eigenvalue weighted by atomic mass is 16.5. The van der Waals surface area contributed by atoms with Crippen molar-refractivity contribution in [3.8, 4) is 5.75 Å². The van der Waals surface area contributed by atoms with E-state index in [-0.39, 0.29) is 17.6 Å². The van der Waals surface area contributed by atoms with Crippen LogP contribution in [0.2, 0.25) is 0 Å². The first-order valence-corrected chi connectivity index (χ1v) is 8.43. The molecule has 2 aromatic rings. The van der Waals surface area contributed by atoms with Crippen LogP contribution in [0.4, 0.5) is 0 Å². The molecule has 1 aliphatic heterocycles. The van der Waals surface area contributed by atoms with Crippen LogP contribution < -0.4 is 10.1 Å². The molecule has 0 saturated carbocycles. The summed E-state index contributed by atoms with van der Waals surface area (Å²) in [6, 6.07) is 12.1. The summed E-state index contributed by atoms with van der Waals surface area (Å²) in [4.78, 5) is 12.8. The zero-order chi connectivity index (χ0) is 17.5. The molecule has 0 unspecified atom stereocenters. The van der Waals surface area contributed by atoms with Gasteiger partial charge in [0.25, 0.3) is 5.91 Å². The average molecular weight is 323 g/mol. The van der Waals surface area contributed by atoms with Crippen molar-refractivity contribution in [3.05, 3.63) is 64.2 Å². The van der Waals surface area contributed by atoms with Crippen molar-refractivity contribution in [1.29, 1.82) is 0 Å². The molecule has 0 saturated heterocycles. The summed E-state index contributed by atoms with van der Waals surface area (Å²) >= 11 is 0. The van der Waals surface area contributed by atoms with E-state index >= 15 is 0 Å². The van der Waals surface area contributed by atoms with Crippen LogP contribution in [0.25, 0.3) is 0 Å². The number of hydrogen-bond donors (Lipinski definition) is 1. The standard InChI is InChI=1S/C21H25NO2/c1-13-6-8-15(3)16(10-13)20(23)22-18-12-21(4,5)24-19-9-7-14(2)11-17(18)19/h6-11,18H,12H2,1-5H3,(H,22,23)/t18-/m0/s1. The summed E-state index contributed by atoms with van der Waals surface area (Å²) in [5.41, 5.74) is 4.76. The number of carbonyl (C=O) groups excluding carboxylic acids is 1. The molecule has 1 heterocycles. The number of benzene rings is 2. The van der Waals surface area contributed by atoms with Crippen molar-refractivity contribution in [2.24, 2.45) is 0 Å². The van der Waals surface area contributed by atoms with Gasteiger partial charge in [-0.1, -0.05) is 35.4 Å². The molecule has 1 atom stereocenters. The molecular formula is C21H25NO2. The summed E-state index contributed by atoms with van der Waals surface area (Å²) < 4.78 is 6.08. The summed E-state index contributed by atoms with van der Waals surface area (Å²) in [6.07, 6.45) is 0.750. The van der Waals surface area contributed by atoms with Crippen molar-refractivity contribution < 1.29 is 9.53 Å². The topological polar surface area (TPSA) is 38.3 Å². The Balaban J connectivity index is 1.93. The van der Waals surface area contributed by atoms with E-state index in [1.54, 1.807) is 0 Å². The molecule has 1 N–H and O–H groups in total. The van der Waals surface area contributed by atoms with Crippen LogP contribution in [0.1, 0.15) is 58.9 Å². The van der Waals surface area contributed by atoms with Gasteiger partial charge in [-0.3, -0.25) is 4.79 Å². The molecule has 1 amide bonds. The molecule has 0 bridgehead atoms. The SMILES string of the molecule is Cc1ccc(C)c(C(=O)N[C@H]2CC(C)(C)Oc3ccc(C)cc32)c1. The first-order chi connectivity index (χ1) is 11.2. The van der Waals surface area contributed by atoms with Crippen molar-refractivity contribution in [3.63, 3.8) is 0 Å². The second-order valence-corrected chi connectivity index (χ2v) is 7.45. The Morgan fingerprint density at radius 1 is 1.08 bits per heavy atom. The van der Waals surface area contributed by atoms with E-state index in [0.717, 1.165) is 34.4 Å². The normalized spacial score (nSPS) is 18.5. The van der Waals surface area contributed by atoms with E-state index in [0.29, 0.717) is 0 Å². The fourth-order valence-corrected chi connectivity index (χ4v) is 3.32. The lowest BCUT2D eigenvalue weighted by Crippen LogP contribution is -2.41. The third-order valence-corrected chi connectivity index (χ3v) is 4.57. The number of fused-ring (bicyclic) bond motifs is 1. The summed E-state index contributed by atoms with van der Waals surface area (Å²) in [6.45, 7) is 10.2. The summed E-state index contributed by atoms with van der Waals surface area (Å²) in [7, 11) is 0. The van der Waals surface area contributed by atoms with E-state index < -0.39 is 0 Å². The fraction of sp³-hybridized carbons (Fsp3) is 0.381. The van der Waals surface area contributed by atoms with Gasteiger partial charge >= 0.3 is 0 Å². The first-order valence-electron chi connectivity index (χ1n) is 8.43. The number of hydrogen-bond acceptors (Lipinski definition) is 2. The Labute approximate surface area is 144 Å². The van der Waals surface area contributed by atoms with Gasteiger partial charge in [0.05, 0.1) is 6.04 Å². The zero-order valence-electron chi connectivity index (χ0n) is 15.1. The zero-order valence-corrected chi connectivity index (χ0v) is 15.1. The van der Waals surface area contributed by atoms with Gasteiger partial charge in [-0.2, -0.15) is 0 Å². The molecule has 0 radical (unpaired) electrons. The lowest BCUT2D eigenvalue weighted by molar-refractivity contribution is 0.0619. The molecule has 3 rings (SSSR count). The highest BCUT2D eigenvalue weighted by Gasteiger charge is 2.34. The van der Waals surface area contributed by atoms with Gasteiger partial charge < -0.3 is 10.1 Å². The Morgan fingerprint density at radius 2 is 1.75 bits per heavy atom. The van der Waals surface area contributed by atoms with Crippen LogP contribution in [0.3, 0.4) is 0 Å². The Hall–Kier alpha value is -2.29. The minimum absolute atomic E-state index is 0.0219. The quantitative estimate of drug-likeness (QED) is 0.874. The smallest absolute Gasteiger partial charge is 0.252 e. The molecule has 1 aliphatic rings. The van der Waals surface area contributed by atoms with Gasteiger partial charge in [0.1, 0.15) is 11.4 Å². The molecule has 3 nitrogen and oxygen atoms in total. The molecule has 2 aromatic carbocycles. The Kier molecular flexibility index (Phi) is 4.12. The number of amides is 1. The molecule has 0 spiro atoms. The second kappa shape index (κ2) is 5.97. The lowest BCUT2D eigenvalue weighted by Gasteiger charge is -2.38. The van der Waals surface area contributed by atoms with Crippen LogP contribution in [0.15, 0.2) is 36.4 Å². The van der Waals surface area contributed by atoms with E-state index in [9.17, 15) is 4.79 Å². The molecule has 0 aliphatic carbocycles. The molecule has 0 fully saturated rings. The van der Waals surface area contributed by atoms with Crippen LogP contribution in [-0.2, 0) is 0 Å². The van der Waals surface area contributed by atoms with Gasteiger partial charge in [0.15, 0.2) is 0 Å². The third-order valence-electron chi connectivity index (χ3n) is 4.57. The van der Waals surface area contributed by atoms with Crippen molar-refractivity contribution in [2.45, 2.75) is 52.7 Å². The lowest BCUT2D eigenvalue weighted by atomic mass is 9.88. The molecule has 0 aromatic heterocycles. The van der Waals surface area contributed by atoms with E-state index in [2.05, 4.69) is 32.2 Å². The van der Waals surface area contributed by atoms with Gasteiger partial charge in [-0.05, 0) is 52.3 Å². The Bertz CT molecular complexity index is 792. The highest BCUT2D eigenvalue weighted by Crippen LogP contribution is 2.40. The summed E-state index contributed by atoms with van der Waals surface area (Å²) in [5.74, 6) is 0.842. The maximum Gasteiger partial charge on any atom is 0.252 e. The maximum atomic E-state index is 12.8. The third kappa shape index (κ3) is 3.30. The molecular weight excluding hydrogens is 298 g/mol. The largest absolute Gasteiger partial charge is 0.487 e. The van der Waals surface area contributed by atoms with Gasteiger partial charge in [0, 0.05) is 17.5 Å². The molecule has 3 heteroatoms. The van der Waals surface area contributed by atoms with E-state index in [1.807, 2.05) is 44.2 Å². The van der Waals surface area contributed by atoms with Crippen molar-refractivity contribution >= 4 is 5.91 Å². The van der Waals surface area contributed by atoms with Crippen molar-refractivity contribution in [1.82, 2.24) is 5.32 Å². The molecule has 126 valence electrons. The van der Waals surface area contributed by atoms with Crippen LogP contribution in [0.5, 0.6) is 5.75 Å². The van der Waals surface area contributed by atoms with Gasteiger partial charge in [-0.25, -0.2) is 0 Å². The number of ether oxygens (including phenoxy) is 1. The molecule has 24 heavy (non-hydrogen) atoms.